The van der Waals surface area contributed by atoms with Crippen molar-refractivity contribution in [3.63, 3.8) is 0 Å². The first kappa shape index (κ1) is 32.9. The van der Waals surface area contributed by atoms with E-state index in [0.29, 0.717) is 0 Å². The molecule has 5 aromatic rings. The molecule has 5 aromatic carbocycles. The normalized spacial score (nSPS) is 15.1. The summed E-state index contributed by atoms with van der Waals surface area (Å²) < 4.78 is 0. The van der Waals surface area contributed by atoms with Crippen LogP contribution in [0.1, 0.15) is 5.56 Å². The Balaban J connectivity index is 0.000000584. The SMILES string of the molecule is [CH]1[CH][CH][CH][CH]1.[CH]1[CH][C](Cc2ccccc2P(c2ccccc2)c2ccccc2)[C](P(c2ccccc2)c2ccccc2)[CH]1.[Fe+2]. The summed E-state index contributed by atoms with van der Waals surface area (Å²) >= 11 is 0. The van der Waals surface area contributed by atoms with Gasteiger partial charge in [-0.2, -0.15) is 0 Å². The molecule has 0 nitrogen and oxygen atoms in total. The van der Waals surface area contributed by atoms with Crippen molar-refractivity contribution in [1.29, 1.82) is 0 Å². The van der Waals surface area contributed by atoms with Gasteiger partial charge in [0.05, 0.1) is 0 Å². The second-order valence-electron chi connectivity index (χ2n) is 10.2. The van der Waals surface area contributed by atoms with Crippen LogP contribution in [0.4, 0.5) is 0 Å². The number of hydrogen-bond acceptors (Lipinski definition) is 0. The zero-order chi connectivity index (χ0) is 29.1. The van der Waals surface area contributed by atoms with E-state index in [2.05, 4.69) is 165 Å². The monoisotopic (exact) mass is 644 g/mol. The van der Waals surface area contributed by atoms with Gasteiger partial charge in [0.15, 0.2) is 0 Å². The molecule has 2 aliphatic carbocycles. The summed E-state index contributed by atoms with van der Waals surface area (Å²) in [5.41, 5.74) is 2.87. The largest absolute Gasteiger partial charge is 2.00 e. The summed E-state index contributed by atoms with van der Waals surface area (Å²) in [4.78, 5) is 0. The van der Waals surface area contributed by atoms with Crippen molar-refractivity contribution in [2.45, 2.75) is 6.42 Å². The van der Waals surface area contributed by atoms with Gasteiger partial charge in [-0.3, -0.25) is 0 Å². The van der Waals surface area contributed by atoms with E-state index < -0.39 is 15.8 Å². The van der Waals surface area contributed by atoms with Crippen molar-refractivity contribution in [3.05, 3.63) is 214 Å². The van der Waals surface area contributed by atoms with Crippen LogP contribution in [-0.2, 0) is 23.5 Å². The van der Waals surface area contributed by atoms with Crippen LogP contribution in [0.2, 0.25) is 0 Å². The summed E-state index contributed by atoms with van der Waals surface area (Å²) in [5, 5.41) is 7.01. The van der Waals surface area contributed by atoms with E-state index in [1.807, 2.05) is 32.1 Å². The molecule has 0 amide bonds. The molecular weight excluding hydrogens is 610 g/mol. The van der Waals surface area contributed by atoms with E-state index in [-0.39, 0.29) is 17.1 Å². The number of benzene rings is 5. The molecule has 10 radical (unpaired) electrons. The third-order valence-electron chi connectivity index (χ3n) is 7.35. The molecule has 0 saturated heterocycles. The van der Waals surface area contributed by atoms with Crippen LogP contribution in [0.3, 0.4) is 0 Å². The smallest absolute Gasteiger partial charge is 0.0622 e. The van der Waals surface area contributed by atoms with Crippen molar-refractivity contribution in [2.75, 3.05) is 0 Å². The maximum atomic E-state index is 2.35. The maximum Gasteiger partial charge on any atom is 2.00 e. The van der Waals surface area contributed by atoms with Crippen molar-refractivity contribution < 1.29 is 17.1 Å². The first-order valence-electron chi connectivity index (χ1n) is 14.7. The van der Waals surface area contributed by atoms with Gasteiger partial charge in [0, 0.05) is 5.66 Å². The molecule has 214 valence electrons. The minimum absolute atomic E-state index is 0. The average molecular weight is 645 g/mol. The van der Waals surface area contributed by atoms with Gasteiger partial charge in [0.1, 0.15) is 0 Å². The molecule has 44 heavy (non-hydrogen) atoms. The Labute approximate surface area is 278 Å². The standard InChI is InChI=1S/C36H29P2.C5H5.Fe/c1-5-18-31(19-6-1)37(32-20-7-2-8-21-32)35-26-14-13-16-29(35)28-30-17-15-27-36(30)38(33-22-9-3-10-23-33)34-24-11-4-12-25-34;1-2-4-5-3-1;/h1-27H,28H2;1-5H;/q;;+2. The molecule has 0 atom stereocenters. The Morgan fingerprint density at radius 1 is 0.364 bits per heavy atom. The molecule has 0 heterocycles. The predicted octanol–water partition coefficient (Wildman–Crippen LogP) is 7.87. The molecule has 3 heteroatoms. The maximum absolute atomic E-state index is 2.35. The summed E-state index contributed by atoms with van der Waals surface area (Å²) in [5.74, 6) is 1.42. The molecule has 0 N–H and O–H groups in total. The minimum Gasteiger partial charge on any atom is -0.0622 e. The van der Waals surface area contributed by atoms with Crippen molar-refractivity contribution in [1.82, 2.24) is 0 Å². The number of hydrogen-bond donors (Lipinski definition) is 0. The van der Waals surface area contributed by atoms with Crippen LogP contribution in [-0.4, -0.2) is 0 Å². The molecule has 0 spiro atoms. The fourth-order valence-corrected chi connectivity index (χ4v) is 10.3. The fraction of sp³-hybridized carbons (Fsp3) is 0.0244. The Kier molecular flexibility index (Phi) is 12.9. The van der Waals surface area contributed by atoms with Gasteiger partial charge in [0.2, 0.25) is 0 Å². The molecule has 0 bridgehead atoms. The first-order chi connectivity index (χ1) is 21.4. The molecule has 0 unspecified atom stereocenters. The van der Waals surface area contributed by atoms with Crippen LogP contribution in [0.25, 0.3) is 0 Å². The zero-order valence-electron chi connectivity index (χ0n) is 24.4. The topological polar surface area (TPSA) is 0 Å². The van der Waals surface area contributed by atoms with Crippen LogP contribution in [0.5, 0.6) is 0 Å². The summed E-state index contributed by atoms with van der Waals surface area (Å²) in [6, 6.07) is 53.1. The average Bonchev–Trinajstić information content (AvgIpc) is 3.81. The van der Waals surface area contributed by atoms with Crippen molar-refractivity contribution in [3.8, 4) is 0 Å². The van der Waals surface area contributed by atoms with E-state index in [9.17, 15) is 0 Å². The van der Waals surface area contributed by atoms with Gasteiger partial charge >= 0.3 is 17.1 Å². The van der Waals surface area contributed by atoms with Gasteiger partial charge in [-0.15, -0.1) is 0 Å². The van der Waals surface area contributed by atoms with Crippen LogP contribution >= 0.6 is 15.8 Å². The third kappa shape index (κ3) is 8.39. The van der Waals surface area contributed by atoms with Crippen LogP contribution < -0.4 is 26.5 Å². The van der Waals surface area contributed by atoms with Gasteiger partial charge in [-0.05, 0) is 112 Å². The Morgan fingerprint density at radius 2 is 0.750 bits per heavy atom. The predicted molar refractivity (Wildman–Crippen MR) is 189 cm³/mol. The molecule has 7 rings (SSSR count). The Bertz CT molecular complexity index is 1420. The molecule has 2 fully saturated rings. The van der Waals surface area contributed by atoms with Crippen molar-refractivity contribution >= 4 is 42.4 Å². The van der Waals surface area contributed by atoms with Crippen molar-refractivity contribution in [2.24, 2.45) is 0 Å². The minimum atomic E-state index is -0.656. The Hall–Kier alpha value is -2.52. The van der Waals surface area contributed by atoms with Gasteiger partial charge in [-0.25, -0.2) is 0 Å². The van der Waals surface area contributed by atoms with Gasteiger partial charge in [0.25, 0.3) is 0 Å². The number of rotatable bonds is 8. The van der Waals surface area contributed by atoms with Gasteiger partial charge < -0.3 is 0 Å². The second kappa shape index (κ2) is 17.2. The van der Waals surface area contributed by atoms with E-state index in [4.69, 9.17) is 0 Å². The second-order valence-corrected chi connectivity index (χ2v) is 14.6. The first-order valence-corrected chi connectivity index (χ1v) is 17.4. The molecule has 0 aliphatic heterocycles. The quantitative estimate of drug-likeness (QED) is 0.119. The molecule has 2 saturated carbocycles. The van der Waals surface area contributed by atoms with E-state index in [0.717, 1.165) is 6.42 Å². The molecular formula is C41H34FeP2+2. The van der Waals surface area contributed by atoms with Crippen LogP contribution in [0, 0.1) is 62.9 Å². The summed E-state index contributed by atoms with van der Waals surface area (Å²) in [6.07, 6.45) is 17.8. The van der Waals surface area contributed by atoms with E-state index in [1.54, 1.807) is 0 Å². The van der Waals surface area contributed by atoms with Crippen LogP contribution in [0.15, 0.2) is 146 Å². The molecule has 2 aliphatic rings. The molecule has 0 aromatic heterocycles. The third-order valence-corrected chi connectivity index (χ3v) is 12.4. The van der Waals surface area contributed by atoms with E-state index in [1.165, 1.54) is 43.7 Å². The Morgan fingerprint density at radius 3 is 1.20 bits per heavy atom. The fourth-order valence-electron chi connectivity index (χ4n) is 5.38. The van der Waals surface area contributed by atoms with Gasteiger partial charge in [-0.1, -0.05) is 146 Å². The summed E-state index contributed by atoms with van der Waals surface area (Å²) in [7, 11) is -1.29. The zero-order valence-corrected chi connectivity index (χ0v) is 27.3. The summed E-state index contributed by atoms with van der Waals surface area (Å²) in [6.45, 7) is 0. The van der Waals surface area contributed by atoms with E-state index >= 15 is 0 Å².